The Morgan fingerprint density at radius 2 is 2.00 bits per heavy atom. The van der Waals surface area contributed by atoms with Crippen molar-refractivity contribution in [1.82, 2.24) is 0 Å². The summed E-state index contributed by atoms with van der Waals surface area (Å²) in [5, 5.41) is 0. The molecule has 1 rings (SSSR count). The van der Waals surface area contributed by atoms with Crippen LogP contribution >= 0.6 is 0 Å². The van der Waals surface area contributed by atoms with Crippen molar-refractivity contribution in [3.8, 4) is 0 Å². The van der Waals surface area contributed by atoms with Crippen molar-refractivity contribution in [2.75, 3.05) is 6.61 Å². The number of benzene rings is 1. The standard InChI is InChI=1S/C11H14O/c1-2-3-9-12-10-11-7-5-4-6-8-11/h2,4-8H,1,3,9-10H2. The highest BCUT2D eigenvalue weighted by Crippen LogP contribution is 2.00. The molecule has 0 aliphatic heterocycles. The fourth-order valence-corrected chi connectivity index (χ4v) is 0.931. The fraction of sp³-hybridized carbons (Fsp3) is 0.273. The molecule has 1 aromatic carbocycles. The van der Waals surface area contributed by atoms with Crippen molar-refractivity contribution in [1.29, 1.82) is 0 Å². The Balaban J connectivity index is 2.20. The molecule has 0 aromatic heterocycles. The molecule has 0 heterocycles. The van der Waals surface area contributed by atoms with Crippen LogP contribution in [0.15, 0.2) is 43.0 Å². The Morgan fingerprint density at radius 1 is 1.25 bits per heavy atom. The third-order valence-corrected chi connectivity index (χ3v) is 1.58. The first kappa shape index (κ1) is 9.01. The minimum atomic E-state index is 0.703. The van der Waals surface area contributed by atoms with Crippen molar-refractivity contribution < 1.29 is 4.74 Å². The maximum Gasteiger partial charge on any atom is 0.0717 e. The second-order valence-electron chi connectivity index (χ2n) is 2.62. The minimum Gasteiger partial charge on any atom is -0.376 e. The summed E-state index contributed by atoms with van der Waals surface area (Å²) in [5.74, 6) is 0. The third-order valence-electron chi connectivity index (χ3n) is 1.58. The zero-order valence-corrected chi connectivity index (χ0v) is 7.20. The number of hydrogen-bond acceptors (Lipinski definition) is 1. The highest BCUT2D eigenvalue weighted by Gasteiger charge is 1.89. The molecule has 0 unspecified atom stereocenters. The molecule has 0 fully saturated rings. The van der Waals surface area contributed by atoms with Crippen LogP contribution in [0.1, 0.15) is 12.0 Å². The second kappa shape index (κ2) is 5.56. The van der Waals surface area contributed by atoms with Crippen LogP contribution in [0.3, 0.4) is 0 Å². The van der Waals surface area contributed by atoms with Gasteiger partial charge in [0.25, 0.3) is 0 Å². The van der Waals surface area contributed by atoms with Crippen LogP contribution < -0.4 is 0 Å². The summed E-state index contributed by atoms with van der Waals surface area (Å²) in [6.07, 6.45) is 2.79. The average molecular weight is 162 g/mol. The van der Waals surface area contributed by atoms with E-state index in [9.17, 15) is 0 Å². The smallest absolute Gasteiger partial charge is 0.0717 e. The van der Waals surface area contributed by atoms with Crippen molar-refractivity contribution in [3.05, 3.63) is 48.6 Å². The zero-order valence-electron chi connectivity index (χ0n) is 7.20. The van der Waals surface area contributed by atoms with Gasteiger partial charge in [-0.1, -0.05) is 36.4 Å². The number of rotatable bonds is 5. The van der Waals surface area contributed by atoms with Crippen LogP contribution in [0.2, 0.25) is 0 Å². The van der Waals surface area contributed by atoms with Gasteiger partial charge in [0, 0.05) is 0 Å². The molecule has 0 amide bonds. The highest BCUT2D eigenvalue weighted by atomic mass is 16.5. The lowest BCUT2D eigenvalue weighted by Gasteiger charge is -2.01. The van der Waals surface area contributed by atoms with Crippen LogP contribution in [0.25, 0.3) is 0 Å². The zero-order chi connectivity index (χ0) is 8.65. The van der Waals surface area contributed by atoms with E-state index in [0.29, 0.717) is 6.61 Å². The molecule has 1 heteroatoms. The predicted molar refractivity (Wildman–Crippen MR) is 50.9 cm³/mol. The van der Waals surface area contributed by atoms with Gasteiger partial charge in [0.05, 0.1) is 13.2 Å². The Labute approximate surface area is 73.7 Å². The molecule has 0 bridgehead atoms. The van der Waals surface area contributed by atoms with E-state index in [-0.39, 0.29) is 0 Å². The predicted octanol–water partition coefficient (Wildman–Crippen LogP) is 2.78. The van der Waals surface area contributed by atoms with Crippen molar-refractivity contribution >= 4 is 0 Å². The lowest BCUT2D eigenvalue weighted by atomic mass is 10.2. The largest absolute Gasteiger partial charge is 0.376 e. The van der Waals surface area contributed by atoms with Gasteiger partial charge in [-0.2, -0.15) is 0 Å². The van der Waals surface area contributed by atoms with Crippen molar-refractivity contribution in [2.45, 2.75) is 13.0 Å². The van der Waals surface area contributed by atoms with Gasteiger partial charge < -0.3 is 4.74 Å². The maximum atomic E-state index is 5.39. The molecular weight excluding hydrogens is 148 g/mol. The molecule has 0 atom stereocenters. The monoisotopic (exact) mass is 162 g/mol. The van der Waals surface area contributed by atoms with E-state index in [1.165, 1.54) is 5.56 Å². The molecule has 1 nitrogen and oxygen atoms in total. The molecular formula is C11H14O. The lowest BCUT2D eigenvalue weighted by molar-refractivity contribution is 0.125. The van der Waals surface area contributed by atoms with Gasteiger partial charge >= 0.3 is 0 Å². The summed E-state index contributed by atoms with van der Waals surface area (Å²) in [5.41, 5.74) is 1.22. The molecule has 64 valence electrons. The fourth-order valence-electron chi connectivity index (χ4n) is 0.931. The average Bonchev–Trinajstić information content (AvgIpc) is 2.14. The molecule has 0 N–H and O–H groups in total. The summed E-state index contributed by atoms with van der Waals surface area (Å²) in [4.78, 5) is 0. The molecule has 1 aromatic rings. The van der Waals surface area contributed by atoms with Gasteiger partial charge in [-0.25, -0.2) is 0 Å². The van der Waals surface area contributed by atoms with Crippen LogP contribution in [0.4, 0.5) is 0 Å². The second-order valence-corrected chi connectivity index (χ2v) is 2.62. The SMILES string of the molecule is C=CCCOCc1ccccc1. The lowest BCUT2D eigenvalue weighted by Crippen LogP contribution is -1.93. The van der Waals surface area contributed by atoms with Crippen LogP contribution in [-0.2, 0) is 11.3 Å². The quantitative estimate of drug-likeness (QED) is 0.478. The van der Waals surface area contributed by atoms with Crippen molar-refractivity contribution in [2.24, 2.45) is 0 Å². The topological polar surface area (TPSA) is 9.23 Å². The number of ether oxygens (including phenoxy) is 1. The van der Waals surface area contributed by atoms with E-state index >= 15 is 0 Å². The van der Waals surface area contributed by atoms with E-state index in [1.807, 2.05) is 24.3 Å². The molecule has 0 spiro atoms. The van der Waals surface area contributed by atoms with Gasteiger partial charge in [-0.05, 0) is 12.0 Å². The van der Waals surface area contributed by atoms with Crippen LogP contribution in [-0.4, -0.2) is 6.61 Å². The van der Waals surface area contributed by atoms with Gasteiger partial charge in [-0.15, -0.1) is 6.58 Å². The van der Waals surface area contributed by atoms with E-state index in [4.69, 9.17) is 4.74 Å². The summed E-state index contributed by atoms with van der Waals surface area (Å²) < 4.78 is 5.39. The van der Waals surface area contributed by atoms with Gasteiger partial charge in [0.1, 0.15) is 0 Å². The van der Waals surface area contributed by atoms with Crippen LogP contribution in [0, 0.1) is 0 Å². The van der Waals surface area contributed by atoms with Crippen LogP contribution in [0.5, 0.6) is 0 Å². The summed E-state index contributed by atoms with van der Waals surface area (Å²) in [6.45, 7) is 5.09. The Bertz CT molecular complexity index is 216. The first-order chi connectivity index (χ1) is 5.93. The van der Waals surface area contributed by atoms with E-state index in [1.54, 1.807) is 0 Å². The summed E-state index contributed by atoms with van der Waals surface area (Å²) in [6, 6.07) is 10.2. The molecule has 0 saturated carbocycles. The minimum absolute atomic E-state index is 0.703. The summed E-state index contributed by atoms with van der Waals surface area (Å²) in [7, 11) is 0. The van der Waals surface area contributed by atoms with E-state index in [0.717, 1.165) is 13.0 Å². The molecule has 0 aliphatic rings. The number of hydrogen-bond donors (Lipinski definition) is 0. The first-order valence-electron chi connectivity index (χ1n) is 4.16. The Hall–Kier alpha value is -1.08. The van der Waals surface area contributed by atoms with E-state index in [2.05, 4.69) is 18.7 Å². The highest BCUT2D eigenvalue weighted by molar-refractivity contribution is 5.13. The molecule has 0 radical (unpaired) electrons. The van der Waals surface area contributed by atoms with Gasteiger partial charge in [0.15, 0.2) is 0 Å². The van der Waals surface area contributed by atoms with Gasteiger partial charge in [-0.3, -0.25) is 0 Å². The summed E-state index contributed by atoms with van der Waals surface area (Å²) >= 11 is 0. The first-order valence-corrected chi connectivity index (χ1v) is 4.16. The molecule has 12 heavy (non-hydrogen) atoms. The normalized spacial score (nSPS) is 9.67. The maximum absolute atomic E-state index is 5.39. The molecule has 0 aliphatic carbocycles. The Kier molecular flexibility index (Phi) is 4.17. The molecule has 0 saturated heterocycles. The van der Waals surface area contributed by atoms with Gasteiger partial charge in [0.2, 0.25) is 0 Å². The third kappa shape index (κ3) is 3.35. The Morgan fingerprint density at radius 3 is 2.67 bits per heavy atom. The van der Waals surface area contributed by atoms with Crippen molar-refractivity contribution in [3.63, 3.8) is 0 Å². The van der Waals surface area contributed by atoms with E-state index < -0.39 is 0 Å².